The molecule has 36 heavy (non-hydrogen) atoms. The fourth-order valence-corrected chi connectivity index (χ4v) is 4.42. The standard InChI is InChI=1S/C25H33ClFN5O4/c1-25(2,3)36-24(33)32-8-5-16(6-9-32)34-17-12-18(13-17)35-22-11-15(4-7-29-22)10-20(27)19-14-21(26)30-31-23(19)28/h4,7,11,14,16-18,20H,5-6,8-10,12-13H2,1-3H3,(H2,28,31)/t17-,18-,20?. The van der Waals surface area contributed by atoms with E-state index in [1.807, 2.05) is 20.8 Å². The van der Waals surface area contributed by atoms with E-state index in [4.69, 9.17) is 31.5 Å². The quantitative estimate of drug-likeness (QED) is 0.558. The molecule has 0 aromatic carbocycles. The summed E-state index contributed by atoms with van der Waals surface area (Å²) in [5.74, 6) is 0.473. The van der Waals surface area contributed by atoms with Gasteiger partial charge in [-0.15, -0.1) is 10.2 Å². The Kier molecular flexibility index (Phi) is 8.14. The van der Waals surface area contributed by atoms with E-state index in [0.717, 1.165) is 31.2 Å². The van der Waals surface area contributed by atoms with Crippen molar-refractivity contribution >= 4 is 23.5 Å². The van der Waals surface area contributed by atoms with Crippen LogP contribution in [0.2, 0.25) is 5.15 Å². The molecule has 11 heteroatoms. The van der Waals surface area contributed by atoms with Crippen LogP contribution >= 0.6 is 11.6 Å². The Bertz CT molecular complexity index is 1050. The first-order chi connectivity index (χ1) is 17.1. The number of ether oxygens (including phenoxy) is 3. The van der Waals surface area contributed by atoms with Gasteiger partial charge in [-0.05, 0) is 51.3 Å². The molecule has 196 valence electrons. The van der Waals surface area contributed by atoms with Crippen LogP contribution in [0.25, 0.3) is 0 Å². The zero-order valence-electron chi connectivity index (χ0n) is 20.8. The molecule has 2 fully saturated rings. The summed E-state index contributed by atoms with van der Waals surface area (Å²) in [6.45, 7) is 6.86. The lowest BCUT2D eigenvalue weighted by Crippen LogP contribution is -2.46. The molecule has 0 bridgehead atoms. The molecule has 9 nitrogen and oxygen atoms in total. The lowest BCUT2D eigenvalue weighted by Gasteiger charge is -2.39. The molecule has 2 aromatic rings. The van der Waals surface area contributed by atoms with E-state index >= 15 is 0 Å². The molecule has 1 amide bonds. The second kappa shape index (κ2) is 11.1. The Labute approximate surface area is 215 Å². The molecule has 2 N–H and O–H groups in total. The molecule has 0 radical (unpaired) electrons. The summed E-state index contributed by atoms with van der Waals surface area (Å²) in [7, 11) is 0. The van der Waals surface area contributed by atoms with Gasteiger partial charge in [0.1, 0.15) is 17.9 Å². The Morgan fingerprint density at radius 3 is 2.61 bits per heavy atom. The summed E-state index contributed by atoms with van der Waals surface area (Å²) in [5.41, 5.74) is 6.19. The van der Waals surface area contributed by atoms with Gasteiger partial charge < -0.3 is 24.8 Å². The molecule has 1 aliphatic carbocycles. The van der Waals surface area contributed by atoms with Crippen molar-refractivity contribution in [3.8, 4) is 5.88 Å². The molecule has 1 saturated heterocycles. The number of amides is 1. The molecule has 3 heterocycles. The summed E-state index contributed by atoms with van der Waals surface area (Å²) >= 11 is 5.83. The van der Waals surface area contributed by atoms with Crippen molar-refractivity contribution < 1.29 is 23.4 Å². The Morgan fingerprint density at radius 1 is 1.19 bits per heavy atom. The minimum Gasteiger partial charge on any atom is -0.474 e. The van der Waals surface area contributed by atoms with E-state index in [-0.39, 0.29) is 47.4 Å². The SMILES string of the molecule is CC(C)(C)OC(=O)N1CCC(O[C@H]2C[C@H](Oc3cc(CC(F)c4cc(Cl)nnc4N)ccn3)C2)CC1. The number of hydrogen-bond donors (Lipinski definition) is 1. The van der Waals surface area contributed by atoms with E-state index in [1.54, 1.807) is 23.2 Å². The molecule has 1 saturated carbocycles. The summed E-state index contributed by atoms with van der Waals surface area (Å²) in [6.07, 6.45) is 3.40. The van der Waals surface area contributed by atoms with Crippen LogP contribution in [0.4, 0.5) is 15.0 Å². The van der Waals surface area contributed by atoms with E-state index < -0.39 is 11.8 Å². The number of pyridine rings is 1. The van der Waals surface area contributed by atoms with Gasteiger partial charge in [-0.25, -0.2) is 14.2 Å². The largest absolute Gasteiger partial charge is 0.474 e. The van der Waals surface area contributed by atoms with Crippen LogP contribution in [0.5, 0.6) is 5.88 Å². The molecule has 1 atom stereocenters. The number of nitrogens with zero attached hydrogens (tertiary/aromatic N) is 4. The third-order valence-electron chi connectivity index (χ3n) is 6.19. The predicted molar refractivity (Wildman–Crippen MR) is 133 cm³/mol. The number of alkyl halides is 1. The summed E-state index contributed by atoms with van der Waals surface area (Å²) in [5, 5.41) is 7.39. The Hall–Kier alpha value is -2.72. The summed E-state index contributed by atoms with van der Waals surface area (Å²) in [6, 6.07) is 4.87. The average molecular weight is 522 g/mol. The van der Waals surface area contributed by atoms with Gasteiger partial charge in [0.15, 0.2) is 11.0 Å². The lowest BCUT2D eigenvalue weighted by molar-refractivity contribution is -0.110. The first-order valence-electron chi connectivity index (χ1n) is 12.2. The summed E-state index contributed by atoms with van der Waals surface area (Å²) < 4.78 is 32.5. The van der Waals surface area contributed by atoms with Crippen LogP contribution in [0.15, 0.2) is 24.4 Å². The van der Waals surface area contributed by atoms with Gasteiger partial charge in [0.25, 0.3) is 0 Å². The maximum absolute atomic E-state index is 14.8. The minimum atomic E-state index is -1.38. The van der Waals surface area contributed by atoms with Crippen LogP contribution in [0, 0.1) is 0 Å². The minimum absolute atomic E-state index is 0.000348. The van der Waals surface area contributed by atoms with Crippen molar-refractivity contribution in [2.75, 3.05) is 18.8 Å². The monoisotopic (exact) mass is 521 g/mol. The van der Waals surface area contributed by atoms with Gasteiger partial charge in [0, 0.05) is 50.2 Å². The average Bonchev–Trinajstić information content (AvgIpc) is 2.78. The third-order valence-corrected chi connectivity index (χ3v) is 6.38. The number of aromatic nitrogens is 3. The maximum Gasteiger partial charge on any atom is 0.410 e. The van der Waals surface area contributed by atoms with Crippen LogP contribution < -0.4 is 10.5 Å². The molecule has 1 unspecified atom stereocenters. The van der Waals surface area contributed by atoms with Crippen LogP contribution in [-0.4, -0.2) is 63.2 Å². The van der Waals surface area contributed by atoms with Crippen molar-refractivity contribution in [1.82, 2.24) is 20.1 Å². The smallest absolute Gasteiger partial charge is 0.410 e. The number of likely N-dealkylation sites (tertiary alicyclic amines) is 1. The second-order valence-electron chi connectivity index (χ2n) is 10.3. The molecule has 2 aliphatic rings. The lowest BCUT2D eigenvalue weighted by atomic mass is 9.91. The number of hydrogen-bond acceptors (Lipinski definition) is 8. The maximum atomic E-state index is 14.8. The zero-order valence-corrected chi connectivity index (χ0v) is 21.6. The number of halogens is 2. The van der Waals surface area contributed by atoms with Gasteiger partial charge in [0.05, 0.1) is 12.2 Å². The van der Waals surface area contributed by atoms with E-state index in [9.17, 15) is 9.18 Å². The first-order valence-corrected chi connectivity index (χ1v) is 12.6. The van der Waals surface area contributed by atoms with E-state index in [2.05, 4.69) is 15.2 Å². The Balaban J connectivity index is 1.19. The molecule has 4 rings (SSSR count). The topological polar surface area (TPSA) is 113 Å². The second-order valence-corrected chi connectivity index (χ2v) is 10.7. The van der Waals surface area contributed by atoms with Gasteiger partial charge >= 0.3 is 6.09 Å². The molecule has 2 aromatic heterocycles. The highest BCUT2D eigenvalue weighted by molar-refractivity contribution is 6.29. The normalized spacial score (nSPS) is 21.5. The third kappa shape index (κ3) is 7.16. The van der Waals surface area contributed by atoms with Crippen molar-refractivity contribution in [2.24, 2.45) is 0 Å². The summed E-state index contributed by atoms with van der Waals surface area (Å²) in [4.78, 5) is 18.2. The number of anilines is 1. The number of carbonyl (C=O) groups is 1. The van der Waals surface area contributed by atoms with Crippen LogP contribution in [-0.2, 0) is 15.9 Å². The first kappa shape index (κ1) is 26.3. The molecule has 0 spiro atoms. The van der Waals surface area contributed by atoms with Crippen LogP contribution in [0.1, 0.15) is 63.8 Å². The number of rotatable bonds is 7. The highest BCUT2D eigenvalue weighted by atomic mass is 35.5. The van der Waals surface area contributed by atoms with E-state index in [1.165, 1.54) is 6.07 Å². The van der Waals surface area contributed by atoms with Crippen LogP contribution in [0.3, 0.4) is 0 Å². The molecular formula is C25H33ClFN5O4. The fraction of sp³-hybridized carbons (Fsp3) is 0.600. The number of nitrogen functional groups attached to an aromatic ring is 1. The Morgan fingerprint density at radius 2 is 1.92 bits per heavy atom. The van der Waals surface area contributed by atoms with Crippen molar-refractivity contribution in [1.29, 1.82) is 0 Å². The van der Waals surface area contributed by atoms with Crippen molar-refractivity contribution in [3.63, 3.8) is 0 Å². The fourth-order valence-electron chi connectivity index (χ4n) is 4.27. The number of nitrogens with two attached hydrogens (primary N) is 1. The van der Waals surface area contributed by atoms with Crippen molar-refractivity contribution in [3.05, 3.63) is 40.7 Å². The molecular weight excluding hydrogens is 489 g/mol. The van der Waals surface area contributed by atoms with Gasteiger partial charge in [-0.2, -0.15) is 0 Å². The highest BCUT2D eigenvalue weighted by Gasteiger charge is 2.35. The van der Waals surface area contributed by atoms with Gasteiger partial charge in [-0.1, -0.05) is 11.6 Å². The van der Waals surface area contributed by atoms with E-state index in [0.29, 0.717) is 19.0 Å². The molecule has 1 aliphatic heterocycles. The number of carbonyl (C=O) groups excluding carboxylic acids is 1. The number of piperidine rings is 1. The van der Waals surface area contributed by atoms with Gasteiger partial charge in [-0.3, -0.25) is 0 Å². The highest BCUT2D eigenvalue weighted by Crippen LogP contribution is 2.32. The van der Waals surface area contributed by atoms with Crippen molar-refractivity contribution in [2.45, 2.75) is 83.0 Å². The zero-order chi connectivity index (χ0) is 25.9. The van der Waals surface area contributed by atoms with Gasteiger partial charge in [0.2, 0.25) is 5.88 Å². The predicted octanol–water partition coefficient (Wildman–Crippen LogP) is 4.69.